The number of carbonyl (C=O) groups is 1. The molecule has 0 unspecified atom stereocenters. The molecule has 23 heavy (non-hydrogen) atoms. The fourth-order valence-electron chi connectivity index (χ4n) is 2.65. The molecule has 0 fully saturated rings. The van der Waals surface area contributed by atoms with Gasteiger partial charge in [-0.3, -0.25) is 9.69 Å². The second kappa shape index (κ2) is 6.67. The highest BCUT2D eigenvalue weighted by atomic mass is 16.3. The normalized spacial score (nSPS) is 11.1. The van der Waals surface area contributed by atoms with Gasteiger partial charge in [0.15, 0.2) is 0 Å². The molecule has 1 heterocycles. The van der Waals surface area contributed by atoms with Gasteiger partial charge >= 0.3 is 0 Å². The van der Waals surface area contributed by atoms with Gasteiger partial charge in [-0.2, -0.15) is 0 Å². The van der Waals surface area contributed by atoms with E-state index in [1.165, 1.54) is 5.56 Å². The maximum atomic E-state index is 12.2. The van der Waals surface area contributed by atoms with Crippen LogP contribution in [0.1, 0.15) is 11.3 Å². The molecule has 0 aliphatic heterocycles. The number of fused-ring (bicyclic) bond motifs is 1. The van der Waals surface area contributed by atoms with E-state index in [9.17, 15) is 4.79 Å². The lowest BCUT2D eigenvalue weighted by Crippen LogP contribution is -2.29. The molecule has 0 atom stereocenters. The summed E-state index contributed by atoms with van der Waals surface area (Å²) in [4.78, 5) is 14.2. The lowest BCUT2D eigenvalue weighted by atomic mass is 10.2. The smallest absolute Gasteiger partial charge is 0.238 e. The number of likely N-dealkylation sites (N-methyl/N-ethyl adjacent to an activating group) is 1. The highest BCUT2D eigenvalue weighted by molar-refractivity contribution is 5.94. The van der Waals surface area contributed by atoms with E-state index in [0.717, 1.165) is 29.0 Å². The molecular weight excluding hydrogens is 288 g/mol. The van der Waals surface area contributed by atoms with E-state index >= 15 is 0 Å². The van der Waals surface area contributed by atoms with Crippen LogP contribution in [0.4, 0.5) is 5.69 Å². The fourth-order valence-corrected chi connectivity index (χ4v) is 2.65. The third-order valence-corrected chi connectivity index (χ3v) is 3.63. The van der Waals surface area contributed by atoms with Crippen molar-refractivity contribution < 1.29 is 9.21 Å². The summed E-state index contributed by atoms with van der Waals surface area (Å²) in [5.74, 6) is 0.842. The molecule has 0 radical (unpaired) electrons. The van der Waals surface area contributed by atoms with Crippen LogP contribution in [0.25, 0.3) is 11.0 Å². The van der Waals surface area contributed by atoms with Crippen LogP contribution in [0.3, 0.4) is 0 Å². The highest BCUT2D eigenvalue weighted by Crippen LogP contribution is 2.22. The third kappa shape index (κ3) is 3.99. The minimum Gasteiger partial charge on any atom is -0.461 e. The quantitative estimate of drug-likeness (QED) is 0.779. The maximum absolute atomic E-state index is 12.2. The SMILES string of the molecule is Cc1cc2cc(NC(=O)CN(C)Cc3ccccc3)ccc2o1. The van der Waals surface area contributed by atoms with Crippen molar-refractivity contribution in [1.29, 1.82) is 0 Å². The van der Waals surface area contributed by atoms with Gasteiger partial charge in [0.1, 0.15) is 11.3 Å². The molecule has 2 aromatic carbocycles. The molecule has 3 rings (SSSR count). The largest absolute Gasteiger partial charge is 0.461 e. The van der Waals surface area contributed by atoms with Crippen molar-refractivity contribution in [3.63, 3.8) is 0 Å². The lowest BCUT2D eigenvalue weighted by molar-refractivity contribution is -0.117. The van der Waals surface area contributed by atoms with E-state index < -0.39 is 0 Å². The molecule has 0 bridgehead atoms. The van der Waals surface area contributed by atoms with E-state index in [2.05, 4.69) is 17.4 Å². The molecule has 0 aliphatic rings. The summed E-state index contributed by atoms with van der Waals surface area (Å²) in [6.45, 7) is 3.00. The first-order valence-corrected chi connectivity index (χ1v) is 7.63. The molecule has 0 spiro atoms. The highest BCUT2D eigenvalue weighted by Gasteiger charge is 2.09. The Kier molecular flexibility index (Phi) is 4.44. The van der Waals surface area contributed by atoms with Crippen molar-refractivity contribution in [1.82, 2.24) is 4.90 Å². The monoisotopic (exact) mass is 308 g/mol. The number of amides is 1. The number of anilines is 1. The van der Waals surface area contributed by atoms with E-state index in [1.54, 1.807) is 0 Å². The van der Waals surface area contributed by atoms with Gasteiger partial charge in [-0.1, -0.05) is 30.3 Å². The van der Waals surface area contributed by atoms with E-state index in [4.69, 9.17) is 4.42 Å². The zero-order valence-electron chi connectivity index (χ0n) is 13.4. The van der Waals surface area contributed by atoms with Crippen LogP contribution in [0.5, 0.6) is 0 Å². The van der Waals surface area contributed by atoms with Gasteiger partial charge in [0.05, 0.1) is 6.54 Å². The van der Waals surface area contributed by atoms with Crippen molar-refractivity contribution in [2.75, 3.05) is 18.9 Å². The Labute approximate surface area is 135 Å². The van der Waals surface area contributed by atoms with Gasteiger partial charge in [0.2, 0.25) is 5.91 Å². The van der Waals surface area contributed by atoms with Gasteiger partial charge in [-0.05, 0) is 43.8 Å². The Hall–Kier alpha value is -2.59. The summed E-state index contributed by atoms with van der Waals surface area (Å²) in [5.41, 5.74) is 2.82. The predicted molar refractivity (Wildman–Crippen MR) is 92.4 cm³/mol. The lowest BCUT2D eigenvalue weighted by Gasteiger charge is -2.16. The summed E-state index contributed by atoms with van der Waals surface area (Å²) >= 11 is 0. The third-order valence-electron chi connectivity index (χ3n) is 3.63. The van der Waals surface area contributed by atoms with Crippen LogP contribution in [0, 0.1) is 6.92 Å². The number of aryl methyl sites for hydroxylation is 1. The second-order valence-corrected chi connectivity index (χ2v) is 5.82. The van der Waals surface area contributed by atoms with Crippen molar-refractivity contribution >= 4 is 22.6 Å². The molecule has 4 nitrogen and oxygen atoms in total. The molecule has 0 aliphatic carbocycles. The zero-order valence-corrected chi connectivity index (χ0v) is 13.4. The van der Waals surface area contributed by atoms with Crippen LogP contribution < -0.4 is 5.32 Å². The molecule has 1 N–H and O–H groups in total. The number of furan rings is 1. The first kappa shape index (κ1) is 15.3. The number of benzene rings is 2. The number of hydrogen-bond acceptors (Lipinski definition) is 3. The van der Waals surface area contributed by atoms with Crippen molar-refractivity contribution in [3.8, 4) is 0 Å². The van der Waals surface area contributed by atoms with Gasteiger partial charge in [-0.25, -0.2) is 0 Å². The minimum atomic E-state index is -0.0250. The number of hydrogen-bond donors (Lipinski definition) is 1. The molecular formula is C19H20N2O2. The second-order valence-electron chi connectivity index (χ2n) is 5.82. The Balaban J connectivity index is 1.59. The van der Waals surface area contributed by atoms with E-state index in [1.807, 2.05) is 61.3 Å². The van der Waals surface area contributed by atoms with Gasteiger partial charge < -0.3 is 9.73 Å². The predicted octanol–water partition coefficient (Wildman–Crippen LogP) is 3.81. The van der Waals surface area contributed by atoms with Gasteiger partial charge in [0.25, 0.3) is 0 Å². The molecule has 0 saturated carbocycles. The van der Waals surface area contributed by atoms with Gasteiger partial charge in [-0.15, -0.1) is 0 Å². The summed E-state index contributed by atoms with van der Waals surface area (Å²) in [7, 11) is 1.94. The molecule has 4 heteroatoms. The summed E-state index contributed by atoms with van der Waals surface area (Å²) < 4.78 is 5.54. The number of carbonyl (C=O) groups excluding carboxylic acids is 1. The number of nitrogens with zero attached hydrogens (tertiary/aromatic N) is 1. The molecule has 1 aromatic heterocycles. The topological polar surface area (TPSA) is 45.5 Å². The van der Waals surface area contributed by atoms with E-state index in [0.29, 0.717) is 6.54 Å². The van der Waals surface area contributed by atoms with Crippen LogP contribution in [-0.2, 0) is 11.3 Å². The molecule has 3 aromatic rings. The Bertz CT molecular complexity index is 809. The Morgan fingerprint density at radius 1 is 1.13 bits per heavy atom. The average molecular weight is 308 g/mol. The average Bonchev–Trinajstić information content (AvgIpc) is 2.87. The Morgan fingerprint density at radius 2 is 1.91 bits per heavy atom. The van der Waals surface area contributed by atoms with E-state index in [-0.39, 0.29) is 5.91 Å². The molecule has 118 valence electrons. The van der Waals surface area contributed by atoms with Gasteiger partial charge in [0, 0.05) is 17.6 Å². The van der Waals surface area contributed by atoms with Crippen LogP contribution in [-0.4, -0.2) is 24.4 Å². The van der Waals surface area contributed by atoms with Crippen molar-refractivity contribution in [2.45, 2.75) is 13.5 Å². The van der Waals surface area contributed by atoms with Crippen LogP contribution >= 0.6 is 0 Å². The maximum Gasteiger partial charge on any atom is 0.238 e. The van der Waals surface area contributed by atoms with Crippen molar-refractivity contribution in [3.05, 3.63) is 65.9 Å². The fraction of sp³-hybridized carbons (Fsp3) is 0.211. The van der Waals surface area contributed by atoms with Crippen LogP contribution in [0.2, 0.25) is 0 Å². The first-order valence-electron chi connectivity index (χ1n) is 7.63. The van der Waals surface area contributed by atoms with Crippen molar-refractivity contribution in [2.24, 2.45) is 0 Å². The number of nitrogens with one attached hydrogen (secondary N) is 1. The van der Waals surface area contributed by atoms with Crippen LogP contribution in [0.15, 0.2) is 59.0 Å². The number of rotatable bonds is 5. The Morgan fingerprint density at radius 3 is 2.70 bits per heavy atom. The molecule has 0 saturated heterocycles. The summed E-state index contributed by atoms with van der Waals surface area (Å²) in [5, 5.41) is 3.94. The molecule has 1 amide bonds. The first-order chi connectivity index (χ1) is 11.1. The summed E-state index contributed by atoms with van der Waals surface area (Å²) in [6.07, 6.45) is 0. The minimum absolute atomic E-state index is 0.0250. The summed E-state index contributed by atoms with van der Waals surface area (Å²) in [6, 6.07) is 17.8. The standard InChI is InChI=1S/C19H20N2O2/c1-14-10-16-11-17(8-9-18(16)23-14)20-19(22)13-21(2)12-15-6-4-3-5-7-15/h3-11H,12-13H2,1-2H3,(H,20,22). The zero-order chi connectivity index (χ0) is 16.2.